The molecule has 0 aliphatic carbocycles. The van der Waals surface area contributed by atoms with E-state index in [0.29, 0.717) is 24.5 Å². The fraction of sp³-hybridized carbons (Fsp3) is 0.400. The Morgan fingerprint density at radius 2 is 2.36 bits per heavy atom. The van der Waals surface area contributed by atoms with E-state index in [1.54, 1.807) is 25.4 Å². The van der Waals surface area contributed by atoms with Gasteiger partial charge in [-0.3, -0.25) is 9.78 Å². The van der Waals surface area contributed by atoms with Crippen molar-refractivity contribution in [1.82, 2.24) is 4.98 Å². The number of carbonyl (C=O) groups is 1. The van der Waals surface area contributed by atoms with Gasteiger partial charge in [0.15, 0.2) is 0 Å². The number of rotatable bonds is 4. The van der Waals surface area contributed by atoms with Crippen LogP contribution in [0.4, 0.5) is 0 Å². The molecule has 0 saturated carbocycles. The zero-order valence-electron chi connectivity index (χ0n) is 8.00. The molecule has 1 heterocycles. The fourth-order valence-corrected chi connectivity index (χ4v) is 1.27. The quantitative estimate of drug-likeness (QED) is 0.720. The van der Waals surface area contributed by atoms with Crippen LogP contribution in [0.3, 0.4) is 0 Å². The molecule has 1 aromatic rings. The lowest BCUT2D eigenvalue weighted by atomic mass is 10.2. The third-order valence-electron chi connectivity index (χ3n) is 1.68. The molecule has 0 aliphatic rings. The van der Waals surface area contributed by atoms with Crippen LogP contribution >= 0.6 is 11.6 Å². The average Bonchev–Trinajstić information content (AvgIpc) is 2.15. The maximum absolute atomic E-state index is 11.0. The number of carbonyl (C=O) groups excluding carboxylic acids is 1. The molecule has 0 amide bonds. The van der Waals surface area contributed by atoms with Crippen LogP contribution < -0.4 is 0 Å². The second kappa shape index (κ2) is 5.60. The molecule has 0 saturated heterocycles. The summed E-state index contributed by atoms with van der Waals surface area (Å²) in [5.74, 6) is -0.188. The van der Waals surface area contributed by atoms with Gasteiger partial charge in [0.25, 0.3) is 0 Å². The number of halogens is 1. The van der Waals surface area contributed by atoms with Gasteiger partial charge in [0, 0.05) is 18.8 Å². The van der Waals surface area contributed by atoms with Crippen LogP contribution in [0.15, 0.2) is 18.5 Å². The van der Waals surface area contributed by atoms with Crippen molar-refractivity contribution in [2.45, 2.75) is 19.8 Å². The third kappa shape index (κ3) is 3.75. The van der Waals surface area contributed by atoms with Gasteiger partial charge in [-0.05, 0) is 25.0 Å². The molecule has 1 aromatic heterocycles. The van der Waals surface area contributed by atoms with Gasteiger partial charge in [-0.25, -0.2) is 0 Å². The van der Waals surface area contributed by atoms with E-state index in [1.807, 2.05) is 0 Å². The van der Waals surface area contributed by atoms with Gasteiger partial charge in [-0.2, -0.15) is 0 Å². The lowest BCUT2D eigenvalue weighted by Crippen LogP contribution is -2.05. The van der Waals surface area contributed by atoms with Crippen LogP contribution in [0.25, 0.3) is 0 Å². The second-order valence-corrected chi connectivity index (χ2v) is 3.25. The van der Waals surface area contributed by atoms with E-state index in [0.717, 1.165) is 5.56 Å². The van der Waals surface area contributed by atoms with E-state index in [-0.39, 0.29) is 5.97 Å². The summed E-state index contributed by atoms with van der Waals surface area (Å²) in [4.78, 5) is 14.9. The topological polar surface area (TPSA) is 39.2 Å². The maximum Gasteiger partial charge on any atom is 0.306 e. The van der Waals surface area contributed by atoms with Gasteiger partial charge >= 0.3 is 5.97 Å². The highest BCUT2D eigenvalue weighted by Crippen LogP contribution is 2.10. The van der Waals surface area contributed by atoms with Crippen LogP contribution in [-0.4, -0.2) is 17.6 Å². The van der Waals surface area contributed by atoms with E-state index >= 15 is 0 Å². The van der Waals surface area contributed by atoms with Crippen molar-refractivity contribution in [2.24, 2.45) is 0 Å². The van der Waals surface area contributed by atoms with Crippen LogP contribution in [0.1, 0.15) is 18.9 Å². The maximum atomic E-state index is 11.0. The zero-order valence-corrected chi connectivity index (χ0v) is 8.75. The van der Waals surface area contributed by atoms with Gasteiger partial charge in [0.05, 0.1) is 11.6 Å². The van der Waals surface area contributed by atoms with E-state index < -0.39 is 0 Å². The lowest BCUT2D eigenvalue weighted by Gasteiger charge is -2.01. The average molecular weight is 214 g/mol. The Hall–Kier alpha value is -1.09. The molecule has 1 rings (SSSR count). The Labute approximate surface area is 88.1 Å². The Kier molecular flexibility index (Phi) is 4.40. The second-order valence-electron chi connectivity index (χ2n) is 2.82. The monoisotopic (exact) mass is 213 g/mol. The number of nitrogens with zero attached hydrogens (tertiary/aromatic N) is 1. The molecule has 0 aromatic carbocycles. The Bertz CT molecular complexity index is 315. The normalized spacial score (nSPS) is 9.86. The Morgan fingerprint density at radius 3 is 3.00 bits per heavy atom. The van der Waals surface area contributed by atoms with Crippen LogP contribution in [0.5, 0.6) is 0 Å². The summed E-state index contributed by atoms with van der Waals surface area (Å²) in [5, 5.41) is 0.589. The predicted molar refractivity (Wildman–Crippen MR) is 54.2 cm³/mol. The summed E-state index contributed by atoms with van der Waals surface area (Å²) in [6.45, 7) is 2.21. The minimum atomic E-state index is -0.188. The van der Waals surface area contributed by atoms with Crippen molar-refractivity contribution in [3.8, 4) is 0 Å². The van der Waals surface area contributed by atoms with Crippen LogP contribution in [0.2, 0.25) is 5.02 Å². The van der Waals surface area contributed by atoms with Crippen LogP contribution in [0, 0.1) is 0 Å². The van der Waals surface area contributed by atoms with Crippen molar-refractivity contribution in [3.63, 3.8) is 0 Å². The van der Waals surface area contributed by atoms with E-state index in [4.69, 9.17) is 16.3 Å². The summed E-state index contributed by atoms with van der Waals surface area (Å²) in [6.07, 6.45) is 4.25. The van der Waals surface area contributed by atoms with E-state index in [9.17, 15) is 4.79 Å². The van der Waals surface area contributed by atoms with Crippen molar-refractivity contribution < 1.29 is 9.53 Å². The van der Waals surface area contributed by atoms with Crippen molar-refractivity contribution in [1.29, 1.82) is 0 Å². The number of ether oxygens (including phenoxy) is 1. The van der Waals surface area contributed by atoms with Gasteiger partial charge in [0.1, 0.15) is 0 Å². The van der Waals surface area contributed by atoms with Crippen molar-refractivity contribution >= 4 is 17.6 Å². The highest BCUT2D eigenvalue weighted by molar-refractivity contribution is 6.30. The van der Waals surface area contributed by atoms with Crippen molar-refractivity contribution in [3.05, 3.63) is 29.0 Å². The van der Waals surface area contributed by atoms with Crippen molar-refractivity contribution in [2.75, 3.05) is 6.61 Å². The molecule has 0 atom stereocenters. The molecular weight excluding hydrogens is 202 g/mol. The lowest BCUT2D eigenvalue weighted by molar-refractivity contribution is -0.143. The molecule has 76 valence electrons. The first kappa shape index (κ1) is 11.0. The highest BCUT2D eigenvalue weighted by Gasteiger charge is 2.02. The predicted octanol–water partition coefficient (Wildman–Crippen LogP) is 2.23. The molecule has 0 radical (unpaired) electrons. The zero-order chi connectivity index (χ0) is 10.4. The fourth-order valence-electron chi connectivity index (χ4n) is 1.07. The molecule has 14 heavy (non-hydrogen) atoms. The van der Waals surface area contributed by atoms with E-state index in [1.165, 1.54) is 0 Å². The van der Waals surface area contributed by atoms with Crippen LogP contribution in [-0.2, 0) is 16.0 Å². The minimum absolute atomic E-state index is 0.188. The first-order chi connectivity index (χ1) is 6.72. The Balaban J connectivity index is 2.41. The first-order valence-electron chi connectivity index (χ1n) is 4.47. The molecule has 0 fully saturated rings. The standard InChI is InChI=1S/C10H12ClNO2/c1-2-14-10(13)4-3-8-5-9(11)7-12-6-8/h5-7H,2-4H2,1H3. The number of aromatic nitrogens is 1. The largest absolute Gasteiger partial charge is 0.466 e. The number of hydrogen-bond acceptors (Lipinski definition) is 3. The summed E-state index contributed by atoms with van der Waals surface area (Å²) >= 11 is 5.74. The molecule has 3 nitrogen and oxygen atoms in total. The number of aryl methyl sites for hydroxylation is 1. The minimum Gasteiger partial charge on any atom is -0.466 e. The summed E-state index contributed by atoms with van der Waals surface area (Å²) in [5.41, 5.74) is 0.950. The number of pyridine rings is 1. The smallest absolute Gasteiger partial charge is 0.306 e. The molecule has 0 spiro atoms. The van der Waals surface area contributed by atoms with Gasteiger partial charge in [0.2, 0.25) is 0 Å². The summed E-state index contributed by atoms with van der Waals surface area (Å²) in [6, 6.07) is 1.80. The van der Waals surface area contributed by atoms with E-state index in [2.05, 4.69) is 4.98 Å². The molecule has 0 aliphatic heterocycles. The molecule has 0 N–H and O–H groups in total. The molecule has 0 unspecified atom stereocenters. The Morgan fingerprint density at radius 1 is 1.57 bits per heavy atom. The first-order valence-corrected chi connectivity index (χ1v) is 4.85. The summed E-state index contributed by atoms with van der Waals surface area (Å²) < 4.78 is 4.80. The van der Waals surface area contributed by atoms with Gasteiger partial charge < -0.3 is 4.74 Å². The summed E-state index contributed by atoms with van der Waals surface area (Å²) in [7, 11) is 0. The number of esters is 1. The molecule has 4 heteroatoms. The SMILES string of the molecule is CCOC(=O)CCc1cncc(Cl)c1. The molecular formula is C10H12ClNO2. The number of hydrogen-bond donors (Lipinski definition) is 0. The van der Waals surface area contributed by atoms with Gasteiger partial charge in [-0.15, -0.1) is 0 Å². The van der Waals surface area contributed by atoms with Gasteiger partial charge in [-0.1, -0.05) is 11.6 Å². The molecule has 0 bridgehead atoms. The highest BCUT2D eigenvalue weighted by atomic mass is 35.5. The third-order valence-corrected chi connectivity index (χ3v) is 1.89.